The molecule has 2 aromatic rings. The van der Waals surface area contributed by atoms with Crippen molar-refractivity contribution in [2.24, 2.45) is 5.73 Å². The number of nitrogens with two attached hydrogens (primary N) is 1. The van der Waals surface area contributed by atoms with Crippen LogP contribution in [-0.2, 0) is 0 Å². The highest BCUT2D eigenvalue weighted by molar-refractivity contribution is 5.50. The summed E-state index contributed by atoms with van der Waals surface area (Å²) in [4.78, 5) is 4.23. The van der Waals surface area contributed by atoms with Crippen molar-refractivity contribution in [2.45, 2.75) is 19.4 Å². The molecule has 0 aliphatic rings. The van der Waals surface area contributed by atoms with Crippen LogP contribution in [0.2, 0.25) is 0 Å². The molecular formula is C11H16N4. The second-order valence-corrected chi connectivity index (χ2v) is 3.69. The molecular weight excluding hydrogens is 188 g/mol. The van der Waals surface area contributed by atoms with Crippen LogP contribution in [0.1, 0.15) is 13.3 Å². The monoisotopic (exact) mass is 204 g/mol. The van der Waals surface area contributed by atoms with Gasteiger partial charge in [0.05, 0.1) is 0 Å². The minimum absolute atomic E-state index is 0.378. The van der Waals surface area contributed by atoms with Crippen LogP contribution in [0.4, 0.5) is 5.82 Å². The molecule has 80 valence electrons. The smallest absolute Gasteiger partial charge is 0.138 e. The van der Waals surface area contributed by atoms with E-state index in [1.165, 1.54) is 0 Å². The Morgan fingerprint density at radius 3 is 3.20 bits per heavy atom. The Morgan fingerprint density at radius 1 is 1.53 bits per heavy atom. The van der Waals surface area contributed by atoms with E-state index < -0.39 is 0 Å². The van der Waals surface area contributed by atoms with Crippen molar-refractivity contribution in [2.75, 3.05) is 11.9 Å². The Hall–Kier alpha value is -1.55. The Kier molecular flexibility index (Phi) is 2.87. The van der Waals surface area contributed by atoms with E-state index in [0.29, 0.717) is 12.6 Å². The number of rotatable bonds is 4. The molecule has 4 heteroatoms. The van der Waals surface area contributed by atoms with Crippen LogP contribution >= 0.6 is 0 Å². The molecule has 0 amide bonds. The summed E-state index contributed by atoms with van der Waals surface area (Å²) in [7, 11) is 0. The highest BCUT2D eigenvalue weighted by atomic mass is 15.1. The normalized spacial score (nSPS) is 12.9. The number of nitrogens with zero attached hydrogens (tertiary/aromatic N) is 2. The molecule has 0 radical (unpaired) electrons. The van der Waals surface area contributed by atoms with Gasteiger partial charge in [-0.25, -0.2) is 4.98 Å². The summed E-state index contributed by atoms with van der Waals surface area (Å²) in [6, 6.07) is 6.41. The van der Waals surface area contributed by atoms with Gasteiger partial charge in [-0.15, -0.1) is 0 Å². The third-order valence-electron chi connectivity index (χ3n) is 2.42. The Balaban J connectivity index is 2.23. The summed E-state index contributed by atoms with van der Waals surface area (Å²) in [6.07, 6.45) is 4.71. The van der Waals surface area contributed by atoms with E-state index in [4.69, 9.17) is 5.73 Å². The summed E-state index contributed by atoms with van der Waals surface area (Å²) in [6.45, 7) is 2.83. The first-order chi connectivity index (χ1) is 7.31. The van der Waals surface area contributed by atoms with Crippen LogP contribution in [-0.4, -0.2) is 22.0 Å². The molecule has 0 fully saturated rings. The predicted molar refractivity (Wildman–Crippen MR) is 61.9 cm³/mol. The van der Waals surface area contributed by atoms with E-state index in [2.05, 4.69) is 17.2 Å². The van der Waals surface area contributed by atoms with E-state index in [0.717, 1.165) is 17.9 Å². The first-order valence-electron chi connectivity index (χ1n) is 5.20. The van der Waals surface area contributed by atoms with Gasteiger partial charge in [0.25, 0.3) is 0 Å². The molecule has 0 aromatic carbocycles. The highest BCUT2D eigenvalue weighted by Gasteiger charge is 2.03. The fraction of sp³-hybridized carbons (Fsp3) is 0.364. The molecule has 15 heavy (non-hydrogen) atoms. The number of imidazole rings is 1. The lowest BCUT2D eigenvalue weighted by Gasteiger charge is -2.15. The van der Waals surface area contributed by atoms with Gasteiger partial charge in [0.15, 0.2) is 0 Å². The van der Waals surface area contributed by atoms with Gasteiger partial charge in [0, 0.05) is 18.4 Å². The van der Waals surface area contributed by atoms with Gasteiger partial charge < -0.3 is 11.1 Å². The van der Waals surface area contributed by atoms with Gasteiger partial charge in [0.2, 0.25) is 0 Å². The van der Waals surface area contributed by atoms with E-state index in [-0.39, 0.29) is 0 Å². The molecule has 2 heterocycles. The Labute approximate surface area is 89.1 Å². The van der Waals surface area contributed by atoms with Crippen LogP contribution in [0.3, 0.4) is 0 Å². The number of hydrogen-bond donors (Lipinski definition) is 2. The van der Waals surface area contributed by atoms with E-state index >= 15 is 0 Å². The number of pyridine rings is 1. The number of nitrogens with one attached hydrogen (secondary N) is 1. The van der Waals surface area contributed by atoms with Crippen molar-refractivity contribution < 1.29 is 0 Å². The first-order valence-corrected chi connectivity index (χ1v) is 5.20. The maximum absolute atomic E-state index is 5.52. The van der Waals surface area contributed by atoms with Crippen molar-refractivity contribution in [3.63, 3.8) is 0 Å². The van der Waals surface area contributed by atoms with Gasteiger partial charge in [-0.2, -0.15) is 0 Å². The lowest BCUT2D eigenvalue weighted by Crippen LogP contribution is -2.20. The van der Waals surface area contributed by atoms with E-state index in [1.807, 2.05) is 28.8 Å². The molecule has 2 rings (SSSR count). The largest absolute Gasteiger partial charge is 0.369 e. The topological polar surface area (TPSA) is 55.3 Å². The summed E-state index contributed by atoms with van der Waals surface area (Å²) in [5, 5.41) is 3.41. The molecule has 1 unspecified atom stereocenters. The fourth-order valence-electron chi connectivity index (χ4n) is 1.64. The molecule has 0 saturated heterocycles. The number of fused-ring (bicyclic) bond motifs is 1. The van der Waals surface area contributed by atoms with Gasteiger partial charge in [0.1, 0.15) is 11.5 Å². The summed E-state index contributed by atoms with van der Waals surface area (Å²) < 4.78 is 2.03. The van der Waals surface area contributed by atoms with E-state index in [1.54, 1.807) is 6.20 Å². The zero-order valence-electron chi connectivity index (χ0n) is 8.85. The Morgan fingerprint density at radius 2 is 2.40 bits per heavy atom. The van der Waals surface area contributed by atoms with Crippen molar-refractivity contribution in [3.8, 4) is 0 Å². The number of anilines is 1. The molecule has 0 bridgehead atoms. The maximum Gasteiger partial charge on any atom is 0.138 e. The summed E-state index contributed by atoms with van der Waals surface area (Å²) in [5.74, 6) is 1.06. The number of hydrogen-bond acceptors (Lipinski definition) is 3. The number of aromatic nitrogens is 2. The molecule has 3 N–H and O–H groups in total. The predicted octanol–water partition coefficient (Wildman–Crippen LogP) is 1.48. The first kappa shape index (κ1) is 9.98. The SMILES string of the molecule is CC(CCN)Nc1cccc2nccn12. The lowest BCUT2D eigenvalue weighted by molar-refractivity contribution is 0.712. The second-order valence-electron chi connectivity index (χ2n) is 3.69. The van der Waals surface area contributed by atoms with Crippen molar-refractivity contribution in [1.82, 2.24) is 9.38 Å². The molecule has 0 aliphatic heterocycles. The molecule has 1 atom stereocenters. The standard InChI is InChI=1S/C11H16N4/c1-9(5-6-12)14-11-4-2-3-10-13-7-8-15(10)11/h2-4,7-9,14H,5-6,12H2,1H3. The van der Waals surface area contributed by atoms with Gasteiger partial charge in [-0.05, 0) is 32.0 Å². The third kappa shape index (κ3) is 2.10. The zero-order valence-corrected chi connectivity index (χ0v) is 8.85. The van der Waals surface area contributed by atoms with Gasteiger partial charge >= 0.3 is 0 Å². The quantitative estimate of drug-likeness (QED) is 0.793. The average Bonchev–Trinajstić information content (AvgIpc) is 2.67. The molecule has 0 saturated carbocycles. The molecule has 0 aliphatic carbocycles. The van der Waals surface area contributed by atoms with Crippen LogP contribution in [0.15, 0.2) is 30.6 Å². The summed E-state index contributed by atoms with van der Waals surface area (Å²) in [5.41, 5.74) is 6.47. The lowest BCUT2D eigenvalue weighted by atomic mass is 10.2. The fourth-order valence-corrected chi connectivity index (χ4v) is 1.64. The third-order valence-corrected chi connectivity index (χ3v) is 2.42. The maximum atomic E-state index is 5.52. The van der Waals surface area contributed by atoms with Crippen LogP contribution < -0.4 is 11.1 Å². The van der Waals surface area contributed by atoms with E-state index in [9.17, 15) is 0 Å². The van der Waals surface area contributed by atoms with Crippen LogP contribution in [0.5, 0.6) is 0 Å². The van der Waals surface area contributed by atoms with Crippen molar-refractivity contribution in [3.05, 3.63) is 30.6 Å². The van der Waals surface area contributed by atoms with Gasteiger partial charge in [-0.1, -0.05) is 6.07 Å². The average molecular weight is 204 g/mol. The Bertz CT molecular complexity index is 435. The molecule has 2 aromatic heterocycles. The second kappa shape index (κ2) is 4.31. The minimum atomic E-state index is 0.378. The molecule has 4 nitrogen and oxygen atoms in total. The van der Waals surface area contributed by atoms with Crippen molar-refractivity contribution in [1.29, 1.82) is 0 Å². The highest BCUT2D eigenvalue weighted by Crippen LogP contribution is 2.12. The molecule has 0 spiro atoms. The summed E-state index contributed by atoms with van der Waals surface area (Å²) >= 11 is 0. The van der Waals surface area contributed by atoms with Crippen LogP contribution in [0.25, 0.3) is 5.65 Å². The van der Waals surface area contributed by atoms with Gasteiger partial charge in [-0.3, -0.25) is 4.40 Å². The minimum Gasteiger partial charge on any atom is -0.369 e. The van der Waals surface area contributed by atoms with Crippen LogP contribution in [0, 0.1) is 0 Å². The van der Waals surface area contributed by atoms with Crippen molar-refractivity contribution >= 4 is 11.5 Å². The zero-order chi connectivity index (χ0) is 10.7.